The lowest BCUT2D eigenvalue weighted by molar-refractivity contribution is -0.0979. The van der Waals surface area contributed by atoms with Crippen LogP contribution < -0.4 is 0 Å². The Morgan fingerprint density at radius 2 is 0.957 bits per heavy atom. The van der Waals surface area contributed by atoms with Gasteiger partial charge in [0.25, 0.3) is 0 Å². The van der Waals surface area contributed by atoms with Crippen LogP contribution in [-0.2, 0) is 4.79 Å². The molecule has 0 aromatic heterocycles. The number of carbonyl (C=O) groups is 1. The van der Waals surface area contributed by atoms with Crippen molar-refractivity contribution in [1.29, 1.82) is 0 Å². The largest absolute Gasteiger partial charge is 0.307 e. The number of hydrogen-bond acceptors (Lipinski definition) is 1. The summed E-state index contributed by atoms with van der Waals surface area (Å²) < 4.78 is 0. The Balaban J connectivity index is 0. The van der Waals surface area contributed by atoms with Crippen molar-refractivity contribution in [2.45, 2.75) is 86.5 Å². The van der Waals surface area contributed by atoms with Crippen LogP contribution in [0.1, 0.15) is 86.5 Å². The van der Waals surface area contributed by atoms with E-state index in [4.69, 9.17) is 4.79 Å². The van der Waals surface area contributed by atoms with E-state index in [2.05, 4.69) is 40.9 Å². The molecule has 0 N–H and O–H groups in total. The van der Waals surface area contributed by atoms with E-state index in [1.54, 1.807) is 6.42 Å². The summed E-state index contributed by atoms with van der Waals surface area (Å²) in [6.45, 7) is 21.8. The number of hydrogen-bond donors (Lipinski definition) is 0. The molecule has 1 heteroatoms. The van der Waals surface area contributed by atoms with Gasteiger partial charge in [0.1, 0.15) is 6.79 Å². The molecule has 6 atom stereocenters. The second kappa shape index (κ2) is 15.0. The van der Waals surface area contributed by atoms with Crippen LogP contribution in [0.25, 0.3) is 0 Å². The number of carbonyl (C=O) groups excluding carboxylic acids is 1. The maximum Gasteiger partial charge on any atom is 0.106 e. The molecular weight excluding hydrogens is 280 g/mol. The van der Waals surface area contributed by atoms with Crippen molar-refractivity contribution in [1.82, 2.24) is 0 Å². The van der Waals surface area contributed by atoms with Crippen molar-refractivity contribution < 1.29 is 4.79 Å². The molecule has 6 unspecified atom stereocenters. The third-order valence-electron chi connectivity index (χ3n) is 6.08. The van der Waals surface area contributed by atoms with E-state index in [1.807, 2.05) is 20.6 Å². The van der Waals surface area contributed by atoms with Gasteiger partial charge in [0, 0.05) is 0 Å². The molecule has 138 valence electrons. The van der Waals surface area contributed by atoms with E-state index >= 15 is 0 Å². The van der Waals surface area contributed by atoms with Gasteiger partial charge in [0.15, 0.2) is 0 Å². The fraction of sp³-hybridized carbons (Fsp3) is 0.864. The molecule has 0 aliphatic heterocycles. The molecule has 23 heavy (non-hydrogen) atoms. The minimum Gasteiger partial charge on any atom is -0.307 e. The first-order chi connectivity index (χ1) is 11.1. The van der Waals surface area contributed by atoms with Gasteiger partial charge in [-0.05, 0) is 54.8 Å². The molecule has 2 saturated carbocycles. The van der Waals surface area contributed by atoms with Crippen LogP contribution in [0.15, 0.2) is 13.2 Å². The molecule has 0 radical (unpaired) electrons. The Morgan fingerprint density at radius 3 is 1.22 bits per heavy atom. The van der Waals surface area contributed by atoms with Gasteiger partial charge in [-0.25, -0.2) is 0 Å². The van der Waals surface area contributed by atoms with E-state index in [1.165, 1.54) is 38.5 Å². The van der Waals surface area contributed by atoms with Gasteiger partial charge in [-0.1, -0.05) is 67.2 Å². The smallest absolute Gasteiger partial charge is 0.106 e. The molecule has 2 fully saturated rings. The molecular formula is C22H44O. The minimum absolute atomic E-state index is 0.980. The highest BCUT2D eigenvalue weighted by Gasteiger charge is 2.30. The zero-order chi connectivity index (χ0) is 18.4. The van der Waals surface area contributed by atoms with Crippen molar-refractivity contribution in [2.75, 3.05) is 0 Å². The Labute approximate surface area is 147 Å². The third kappa shape index (κ3) is 9.33. The summed E-state index contributed by atoms with van der Waals surface area (Å²) in [4.78, 5) is 8.00. The predicted molar refractivity (Wildman–Crippen MR) is 106 cm³/mol. The van der Waals surface area contributed by atoms with Crippen LogP contribution in [-0.4, -0.2) is 6.79 Å². The fourth-order valence-corrected chi connectivity index (χ4v) is 4.22. The van der Waals surface area contributed by atoms with Gasteiger partial charge in [0.2, 0.25) is 0 Å². The summed E-state index contributed by atoms with van der Waals surface area (Å²) in [7, 11) is 0. The fourth-order valence-electron chi connectivity index (χ4n) is 4.22. The highest BCUT2D eigenvalue weighted by molar-refractivity contribution is 5.11. The van der Waals surface area contributed by atoms with Crippen LogP contribution in [0.3, 0.4) is 0 Å². The molecule has 1 nitrogen and oxygen atoms in total. The summed E-state index contributed by atoms with van der Waals surface area (Å²) in [5.74, 6) is 6.05. The molecule has 0 amide bonds. The Hall–Kier alpha value is -0.590. The summed E-state index contributed by atoms with van der Waals surface area (Å²) >= 11 is 0. The highest BCUT2D eigenvalue weighted by atomic mass is 16.1. The van der Waals surface area contributed by atoms with Crippen LogP contribution in [0.5, 0.6) is 0 Å². The normalized spacial score (nSPS) is 36.1. The maximum absolute atomic E-state index is 8.00. The SMILES string of the molecule is C=C.C=O.CC.CC1CCC(CC2CCC(C)C(C)C2)CC1C. The van der Waals surface area contributed by atoms with Crippen molar-refractivity contribution in [2.24, 2.45) is 35.5 Å². The quantitative estimate of drug-likeness (QED) is 0.492. The molecule has 0 spiro atoms. The third-order valence-corrected chi connectivity index (χ3v) is 6.08. The Bertz CT molecular complexity index is 237. The first kappa shape index (κ1) is 24.7. The second-order valence-electron chi connectivity index (χ2n) is 7.50. The van der Waals surface area contributed by atoms with E-state index in [-0.39, 0.29) is 0 Å². The van der Waals surface area contributed by atoms with Crippen LogP contribution in [0.2, 0.25) is 0 Å². The van der Waals surface area contributed by atoms with Crippen molar-refractivity contribution in [3.8, 4) is 0 Å². The van der Waals surface area contributed by atoms with Gasteiger partial charge in [-0.2, -0.15) is 0 Å². The first-order valence-corrected chi connectivity index (χ1v) is 9.85. The maximum atomic E-state index is 8.00. The van der Waals surface area contributed by atoms with Crippen LogP contribution >= 0.6 is 0 Å². The zero-order valence-electron chi connectivity index (χ0n) is 16.9. The minimum atomic E-state index is 0.980. The lowest BCUT2D eigenvalue weighted by Crippen LogP contribution is -2.26. The topological polar surface area (TPSA) is 17.1 Å². The van der Waals surface area contributed by atoms with Gasteiger partial charge >= 0.3 is 0 Å². The molecule has 0 aromatic rings. The van der Waals surface area contributed by atoms with E-state index in [0.717, 1.165) is 35.5 Å². The van der Waals surface area contributed by atoms with Gasteiger partial charge in [-0.15, -0.1) is 13.2 Å². The zero-order valence-corrected chi connectivity index (χ0v) is 16.9. The van der Waals surface area contributed by atoms with Gasteiger partial charge < -0.3 is 4.79 Å². The van der Waals surface area contributed by atoms with E-state index < -0.39 is 0 Å². The molecule has 2 aliphatic carbocycles. The molecule has 2 aliphatic rings. The monoisotopic (exact) mass is 324 g/mol. The van der Waals surface area contributed by atoms with E-state index in [0.29, 0.717) is 0 Å². The predicted octanol–water partition coefficient (Wildman–Crippen LogP) is 7.16. The summed E-state index contributed by atoms with van der Waals surface area (Å²) in [5.41, 5.74) is 0. The summed E-state index contributed by atoms with van der Waals surface area (Å²) in [6, 6.07) is 0. The number of rotatable bonds is 2. The molecule has 0 aromatic carbocycles. The average molecular weight is 325 g/mol. The van der Waals surface area contributed by atoms with Crippen molar-refractivity contribution >= 4 is 6.79 Å². The second-order valence-corrected chi connectivity index (χ2v) is 7.50. The summed E-state index contributed by atoms with van der Waals surface area (Å²) in [5, 5.41) is 0. The van der Waals surface area contributed by atoms with Crippen molar-refractivity contribution in [3.63, 3.8) is 0 Å². The lowest BCUT2D eigenvalue weighted by atomic mass is 9.68. The molecule has 0 heterocycles. The molecule has 0 bridgehead atoms. The van der Waals surface area contributed by atoms with E-state index in [9.17, 15) is 0 Å². The first-order valence-electron chi connectivity index (χ1n) is 9.85. The summed E-state index contributed by atoms with van der Waals surface area (Å²) in [6.07, 6.45) is 10.6. The Kier molecular flexibility index (Phi) is 16.0. The van der Waals surface area contributed by atoms with Crippen molar-refractivity contribution in [3.05, 3.63) is 13.2 Å². The van der Waals surface area contributed by atoms with Gasteiger partial charge in [0.05, 0.1) is 0 Å². The van der Waals surface area contributed by atoms with Gasteiger partial charge in [-0.3, -0.25) is 0 Å². The van der Waals surface area contributed by atoms with Crippen LogP contribution in [0.4, 0.5) is 0 Å². The molecule has 2 rings (SSSR count). The Morgan fingerprint density at radius 1 is 0.652 bits per heavy atom. The standard InChI is InChI=1S/C17H32.C2H6.C2H4.CH2O/c1-12-5-7-16(9-14(12)3)11-17-8-6-13(2)15(4)10-17;3*1-2/h12-17H,5-11H2,1-4H3;1-2H3;1-2H2;1H2. The highest BCUT2D eigenvalue weighted by Crippen LogP contribution is 2.41. The average Bonchev–Trinajstić information content (AvgIpc) is 2.60. The molecule has 0 saturated heterocycles. The van der Waals surface area contributed by atoms with Crippen LogP contribution in [0, 0.1) is 35.5 Å². The lowest BCUT2D eigenvalue weighted by Gasteiger charge is -2.37.